The smallest absolute Gasteiger partial charge is 0.286 e. The Kier molecular flexibility index (Phi) is 3.61. The van der Waals surface area contributed by atoms with Gasteiger partial charge in [-0.3, -0.25) is 9.59 Å². The molecule has 0 bridgehead atoms. The summed E-state index contributed by atoms with van der Waals surface area (Å²) in [5, 5.41) is 0. The Balaban J connectivity index is 2.84. The van der Waals surface area contributed by atoms with E-state index in [4.69, 9.17) is 0 Å². The van der Waals surface area contributed by atoms with E-state index in [0.717, 1.165) is 16.7 Å². The van der Waals surface area contributed by atoms with Crippen molar-refractivity contribution >= 4 is 12.2 Å². The second-order valence-corrected chi connectivity index (χ2v) is 3.74. The summed E-state index contributed by atoms with van der Waals surface area (Å²) >= 11 is 0. The first kappa shape index (κ1) is 11.4. The lowest BCUT2D eigenvalue weighted by Gasteiger charge is -2.16. The third-order valence-electron chi connectivity index (χ3n) is 2.39. The third-order valence-corrected chi connectivity index (χ3v) is 2.39. The van der Waals surface area contributed by atoms with Crippen LogP contribution in [0, 0.1) is 13.8 Å². The van der Waals surface area contributed by atoms with E-state index in [1.807, 2.05) is 32.0 Å². The minimum Gasteiger partial charge on any atom is -0.335 e. The molecule has 0 aliphatic carbocycles. The molecule has 3 heteroatoms. The highest BCUT2D eigenvalue weighted by Gasteiger charge is 2.08. The van der Waals surface area contributed by atoms with Crippen molar-refractivity contribution in [1.29, 1.82) is 0 Å². The van der Waals surface area contributed by atoms with Crippen LogP contribution in [0.3, 0.4) is 0 Å². The van der Waals surface area contributed by atoms with Gasteiger partial charge in [0.2, 0.25) is 6.29 Å². The van der Waals surface area contributed by atoms with Crippen molar-refractivity contribution in [3.05, 3.63) is 34.9 Å². The largest absolute Gasteiger partial charge is 0.335 e. The Morgan fingerprint density at radius 1 is 1.40 bits per heavy atom. The normalized spacial score (nSPS) is 9.80. The molecule has 3 nitrogen and oxygen atoms in total. The van der Waals surface area contributed by atoms with Crippen LogP contribution in [0.25, 0.3) is 0 Å². The molecule has 0 radical (unpaired) electrons. The molecule has 15 heavy (non-hydrogen) atoms. The lowest BCUT2D eigenvalue weighted by molar-refractivity contribution is -0.138. The zero-order valence-corrected chi connectivity index (χ0v) is 9.28. The molecule has 0 aliphatic heterocycles. The summed E-state index contributed by atoms with van der Waals surface area (Å²) in [6.45, 7) is 4.48. The van der Waals surface area contributed by atoms with Gasteiger partial charge in [-0.25, -0.2) is 0 Å². The first-order chi connectivity index (χ1) is 7.04. The molecule has 1 aromatic rings. The van der Waals surface area contributed by atoms with Crippen molar-refractivity contribution in [2.24, 2.45) is 0 Å². The van der Waals surface area contributed by atoms with Crippen molar-refractivity contribution < 1.29 is 9.59 Å². The average Bonchev–Trinajstić information content (AvgIpc) is 2.22. The Bertz CT molecular complexity index is 385. The lowest BCUT2D eigenvalue weighted by Crippen LogP contribution is -2.27. The first-order valence-electron chi connectivity index (χ1n) is 4.81. The summed E-state index contributed by atoms with van der Waals surface area (Å²) in [4.78, 5) is 22.8. The standard InChI is InChI=1S/C12H15NO2/c1-9-4-5-10(2)11(6-9)7-13(3)12(15)8-14/h4-6,8H,7H2,1-3H3. The molecule has 0 saturated carbocycles. The number of hydrogen-bond acceptors (Lipinski definition) is 2. The predicted octanol–water partition coefficient (Wildman–Crippen LogP) is 1.46. The summed E-state index contributed by atoms with van der Waals surface area (Å²) < 4.78 is 0. The summed E-state index contributed by atoms with van der Waals surface area (Å²) in [5.41, 5.74) is 3.36. The monoisotopic (exact) mass is 205 g/mol. The van der Waals surface area contributed by atoms with Crippen LogP contribution in [0.5, 0.6) is 0 Å². The van der Waals surface area contributed by atoms with Gasteiger partial charge < -0.3 is 4.90 Å². The molecule has 0 fully saturated rings. The Hall–Kier alpha value is -1.64. The van der Waals surface area contributed by atoms with E-state index < -0.39 is 5.91 Å². The van der Waals surface area contributed by atoms with E-state index in [1.165, 1.54) is 4.90 Å². The number of carbonyl (C=O) groups excluding carboxylic acids is 2. The molecule has 1 rings (SSSR count). The number of aldehydes is 1. The van der Waals surface area contributed by atoms with Crippen molar-refractivity contribution in [2.45, 2.75) is 20.4 Å². The van der Waals surface area contributed by atoms with E-state index in [2.05, 4.69) is 0 Å². The maximum absolute atomic E-state index is 11.1. The Morgan fingerprint density at radius 3 is 2.67 bits per heavy atom. The molecule has 0 spiro atoms. The van der Waals surface area contributed by atoms with Crippen LogP contribution in [-0.4, -0.2) is 24.1 Å². The number of hydrogen-bond donors (Lipinski definition) is 0. The van der Waals surface area contributed by atoms with E-state index in [0.29, 0.717) is 12.8 Å². The van der Waals surface area contributed by atoms with Crippen LogP contribution in [0.1, 0.15) is 16.7 Å². The number of benzene rings is 1. The number of aryl methyl sites for hydroxylation is 2. The van der Waals surface area contributed by atoms with Gasteiger partial charge in [-0.05, 0) is 25.0 Å². The second kappa shape index (κ2) is 4.73. The molecular formula is C12H15NO2. The van der Waals surface area contributed by atoms with Crippen molar-refractivity contribution in [3.63, 3.8) is 0 Å². The van der Waals surface area contributed by atoms with Gasteiger partial charge >= 0.3 is 0 Å². The van der Waals surface area contributed by atoms with Crippen LogP contribution in [0.15, 0.2) is 18.2 Å². The fraction of sp³-hybridized carbons (Fsp3) is 0.333. The van der Waals surface area contributed by atoms with E-state index in [-0.39, 0.29) is 0 Å². The van der Waals surface area contributed by atoms with Crippen molar-refractivity contribution in [3.8, 4) is 0 Å². The van der Waals surface area contributed by atoms with Gasteiger partial charge in [-0.1, -0.05) is 23.8 Å². The Morgan fingerprint density at radius 2 is 2.07 bits per heavy atom. The highest BCUT2D eigenvalue weighted by molar-refractivity contribution is 6.23. The molecule has 0 aromatic heterocycles. The maximum Gasteiger partial charge on any atom is 0.286 e. The lowest BCUT2D eigenvalue weighted by atomic mass is 10.1. The van der Waals surface area contributed by atoms with Gasteiger partial charge in [-0.15, -0.1) is 0 Å². The first-order valence-corrected chi connectivity index (χ1v) is 4.81. The number of nitrogens with zero attached hydrogens (tertiary/aromatic N) is 1. The van der Waals surface area contributed by atoms with Crippen LogP contribution >= 0.6 is 0 Å². The van der Waals surface area contributed by atoms with Gasteiger partial charge in [0.25, 0.3) is 5.91 Å². The maximum atomic E-state index is 11.1. The molecular weight excluding hydrogens is 190 g/mol. The van der Waals surface area contributed by atoms with E-state index in [9.17, 15) is 9.59 Å². The molecule has 0 atom stereocenters. The SMILES string of the molecule is Cc1ccc(C)c(CN(C)C(=O)C=O)c1. The van der Waals surface area contributed by atoms with Gasteiger partial charge in [-0.2, -0.15) is 0 Å². The highest BCUT2D eigenvalue weighted by atomic mass is 16.2. The molecule has 0 N–H and O–H groups in total. The summed E-state index contributed by atoms with van der Waals surface area (Å²) in [6.07, 6.45) is 0.338. The topological polar surface area (TPSA) is 37.4 Å². The highest BCUT2D eigenvalue weighted by Crippen LogP contribution is 2.12. The average molecular weight is 205 g/mol. The zero-order chi connectivity index (χ0) is 11.4. The Labute approximate surface area is 89.7 Å². The second-order valence-electron chi connectivity index (χ2n) is 3.74. The third kappa shape index (κ3) is 2.91. The van der Waals surface area contributed by atoms with Gasteiger partial charge in [0.1, 0.15) is 0 Å². The van der Waals surface area contributed by atoms with Crippen LogP contribution in [-0.2, 0) is 16.1 Å². The molecule has 80 valence electrons. The van der Waals surface area contributed by atoms with Gasteiger partial charge in [0, 0.05) is 13.6 Å². The fourth-order valence-corrected chi connectivity index (χ4v) is 1.39. The minimum absolute atomic E-state index is 0.338. The number of likely N-dealkylation sites (N-methyl/N-ethyl adjacent to an activating group) is 1. The molecule has 0 unspecified atom stereocenters. The number of carbonyl (C=O) groups is 2. The van der Waals surface area contributed by atoms with E-state index in [1.54, 1.807) is 7.05 Å². The predicted molar refractivity (Wildman–Crippen MR) is 58.5 cm³/mol. The minimum atomic E-state index is -0.490. The van der Waals surface area contributed by atoms with Crippen LogP contribution in [0.4, 0.5) is 0 Å². The fourth-order valence-electron chi connectivity index (χ4n) is 1.39. The number of rotatable bonds is 3. The molecule has 0 saturated heterocycles. The van der Waals surface area contributed by atoms with Crippen molar-refractivity contribution in [1.82, 2.24) is 4.90 Å². The van der Waals surface area contributed by atoms with Crippen LogP contribution < -0.4 is 0 Å². The molecule has 0 aliphatic rings. The molecule has 1 aromatic carbocycles. The van der Waals surface area contributed by atoms with Gasteiger partial charge in [0.15, 0.2) is 0 Å². The summed E-state index contributed by atoms with van der Waals surface area (Å²) in [7, 11) is 1.62. The quantitative estimate of drug-likeness (QED) is 0.553. The summed E-state index contributed by atoms with van der Waals surface area (Å²) in [5.74, 6) is -0.490. The zero-order valence-electron chi connectivity index (χ0n) is 9.28. The van der Waals surface area contributed by atoms with Crippen molar-refractivity contribution in [2.75, 3.05) is 7.05 Å². The number of amides is 1. The molecule has 0 heterocycles. The van der Waals surface area contributed by atoms with Gasteiger partial charge in [0.05, 0.1) is 0 Å². The molecule has 1 amide bonds. The van der Waals surface area contributed by atoms with Crippen LogP contribution in [0.2, 0.25) is 0 Å². The summed E-state index contributed by atoms with van der Waals surface area (Å²) in [6, 6.07) is 6.08. The van der Waals surface area contributed by atoms with E-state index >= 15 is 0 Å².